The van der Waals surface area contributed by atoms with E-state index in [1.54, 1.807) is 30.1 Å². The van der Waals surface area contributed by atoms with Crippen LogP contribution >= 0.6 is 11.6 Å². The number of halogens is 3. The van der Waals surface area contributed by atoms with Crippen molar-refractivity contribution in [1.29, 1.82) is 5.41 Å². The Morgan fingerprint density at radius 2 is 2.00 bits per heavy atom. The quantitative estimate of drug-likeness (QED) is 0.195. The summed E-state index contributed by atoms with van der Waals surface area (Å²) in [5.41, 5.74) is 5.71. The molecular formula is C21H17CdClF2N9O2-. The second-order valence-corrected chi connectivity index (χ2v) is 7.84. The summed E-state index contributed by atoms with van der Waals surface area (Å²) in [6.07, 6.45) is 2.32. The van der Waals surface area contributed by atoms with Crippen LogP contribution in [0.1, 0.15) is 5.56 Å². The number of amidine groups is 1. The largest absolute Gasteiger partial charge is 0.488 e. The Hall–Kier alpha value is -3.47. The van der Waals surface area contributed by atoms with Gasteiger partial charge in [0, 0.05) is 57.3 Å². The van der Waals surface area contributed by atoms with Gasteiger partial charge in [0.1, 0.15) is 11.6 Å². The number of aryl methyl sites for hydroxylation is 1. The number of nitrogens with zero attached hydrogens (tertiary/aromatic N) is 6. The first-order valence-electron chi connectivity index (χ1n) is 9.99. The minimum atomic E-state index is -1.02. The van der Waals surface area contributed by atoms with Crippen molar-refractivity contribution in [2.75, 3.05) is 5.32 Å². The summed E-state index contributed by atoms with van der Waals surface area (Å²) in [5.74, 6) is -2.22. The van der Waals surface area contributed by atoms with Crippen LogP contribution in [0.15, 0.2) is 51.1 Å². The van der Waals surface area contributed by atoms with Crippen molar-refractivity contribution in [2.45, 2.75) is 13.1 Å². The van der Waals surface area contributed by atoms with Crippen LogP contribution in [0.5, 0.6) is 0 Å². The van der Waals surface area contributed by atoms with Gasteiger partial charge >= 0.3 is 11.4 Å². The molecule has 4 aromatic rings. The Morgan fingerprint density at radius 3 is 2.72 bits per heavy atom. The van der Waals surface area contributed by atoms with Crippen LogP contribution in [0.3, 0.4) is 0 Å². The summed E-state index contributed by atoms with van der Waals surface area (Å²) in [5, 5.41) is 15.7. The van der Waals surface area contributed by atoms with E-state index in [0.717, 1.165) is 22.8 Å². The second-order valence-electron chi connectivity index (χ2n) is 7.43. The molecule has 0 spiro atoms. The van der Waals surface area contributed by atoms with Crippen molar-refractivity contribution in [2.24, 2.45) is 12.0 Å². The normalized spacial score (nSPS) is 11.1. The maximum atomic E-state index is 14.4. The fraction of sp³-hybridized carbons (Fsp3) is 0.143. The number of benzene rings is 2. The zero-order valence-electron chi connectivity index (χ0n) is 18.8. The van der Waals surface area contributed by atoms with E-state index >= 15 is 0 Å². The van der Waals surface area contributed by atoms with Gasteiger partial charge in [-0.05, 0) is 30.3 Å². The maximum Gasteiger partial charge on any atom is 0.355 e. The molecule has 0 aliphatic heterocycles. The Bertz CT molecular complexity index is 1610. The zero-order valence-corrected chi connectivity index (χ0v) is 23.6. The molecule has 36 heavy (non-hydrogen) atoms. The van der Waals surface area contributed by atoms with Crippen LogP contribution < -0.4 is 16.7 Å². The van der Waals surface area contributed by atoms with Crippen LogP contribution in [0.2, 0.25) is 5.02 Å². The molecule has 3 N–H and O–H groups in total. The van der Waals surface area contributed by atoms with Crippen molar-refractivity contribution in [1.82, 2.24) is 23.9 Å². The minimum Gasteiger partial charge on any atom is -0.488 e. The molecule has 2 aromatic carbocycles. The van der Waals surface area contributed by atoms with Crippen molar-refractivity contribution in [3.8, 4) is 0 Å². The molecule has 15 heteroatoms. The SMILES string of the molecule is Cn1cc2cc(Nc3nc(=O)n(CC(=N)N=C[NH-])c(=O)n3Cc3cc(F)ccc3F)c(Cl)cc2n1.[Cd]. The van der Waals surface area contributed by atoms with Crippen molar-refractivity contribution in [3.63, 3.8) is 0 Å². The number of aliphatic imine (C=N–C) groups is 1. The van der Waals surface area contributed by atoms with Crippen molar-refractivity contribution < 1.29 is 36.1 Å². The van der Waals surface area contributed by atoms with Gasteiger partial charge in [0.2, 0.25) is 5.95 Å². The van der Waals surface area contributed by atoms with E-state index in [4.69, 9.17) is 22.7 Å². The Morgan fingerprint density at radius 1 is 1.25 bits per heavy atom. The summed E-state index contributed by atoms with van der Waals surface area (Å²) in [6.45, 7) is -1.06. The monoisotopic (exact) mass is 614 g/mol. The molecule has 0 fully saturated rings. The van der Waals surface area contributed by atoms with Gasteiger partial charge in [-0.1, -0.05) is 11.6 Å². The number of hydrogen-bond donors (Lipinski definition) is 2. The zero-order chi connectivity index (χ0) is 25.3. The standard InChI is InChI=1S/C21H18ClF2N9O2.Cd/c1-31-7-12-5-17(14(22)6-16(12)30-31)28-19-29-20(34)33(9-18(26)27-10-25)21(35)32(19)8-11-4-13(23)2-3-15(11)24;/h2-7,10H,8-9H2,1H3,(H4,25,26,27,28,29,34);/p-1. The van der Waals surface area contributed by atoms with Gasteiger partial charge in [-0.25, -0.2) is 22.9 Å². The predicted molar refractivity (Wildman–Crippen MR) is 128 cm³/mol. The second kappa shape index (κ2) is 11.1. The minimum absolute atomic E-state index is 0. The summed E-state index contributed by atoms with van der Waals surface area (Å²) in [4.78, 5) is 33.2. The molecule has 0 aliphatic carbocycles. The average Bonchev–Trinajstić information content (AvgIpc) is 3.15. The molecular weight excluding hydrogens is 596 g/mol. The Labute approximate surface area is 226 Å². The fourth-order valence-electron chi connectivity index (χ4n) is 3.39. The number of nitrogens with one attached hydrogen (secondary N) is 3. The van der Waals surface area contributed by atoms with E-state index in [9.17, 15) is 18.4 Å². The van der Waals surface area contributed by atoms with Gasteiger partial charge in [0.25, 0.3) is 0 Å². The molecule has 0 aliphatic rings. The van der Waals surface area contributed by atoms with E-state index in [2.05, 4.69) is 20.4 Å². The predicted octanol–water partition coefficient (Wildman–Crippen LogP) is 3.07. The molecule has 2 heterocycles. The third-order valence-electron chi connectivity index (χ3n) is 4.97. The molecule has 0 saturated heterocycles. The van der Waals surface area contributed by atoms with E-state index in [0.29, 0.717) is 21.8 Å². The molecule has 0 bridgehead atoms. The van der Waals surface area contributed by atoms with Gasteiger partial charge < -0.3 is 21.5 Å². The molecule has 0 unspecified atom stereocenters. The van der Waals surface area contributed by atoms with E-state index in [1.807, 2.05) is 0 Å². The topological polar surface area (TPSA) is 147 Å². The molecule has 2 aromatic heterocycles. The smallest absolute Gasteiger partial charge is 0.355 e. The van der Waals surface area contributed by atoms with Crippen LogP contribution in [0.25, 0.3) is 16.6 Å². The first-order chi connectivity index (χ1) is 16.7. The molecule has 0 amide bonds. The van der Waals surface area contributed by atoms with Gasteiger partial charge in [0.15, 0.2) is 0 Å². The van der Waals surface area contributed by atoms with Crippen molar-refractivity contribution >= 4 is 46.3 Å². The molecule has 11 nitrogen and oxygen atoms in total. The number of anilines is 2. The summed E-state index contributed by atoms with van der Waals surface area (Å²) >= 11 is 6.35. The number of aromatic nitrogens is 5. The molecule has 0 atom stereocenters. The van der Waals surface area contributed by atoms with Crippen LogP contribution in [-0.4, -0.2) is 36.1 Å². The van der Waals surface area contributed by atoms with Gasteiger partial charge in [-0.15, -0.1) is 6.34 Å². The molecule has 4 rings (SSSR count). The van der Waals surface area contributed by atoms with Crippen molar-refractivity contribution in [3.05, 3.63) is 85.5 Å². The van der Waals surface area contributed by atoms with Crippen LogP contribution in [0.4, 0.5) is 20.4 Å². The summed E-state index contributed by atoms with van der Waals surface area (Å²) in [6, 6.07) is 5.98. The Kier molecular flexibility index (Phi) is 8.34. The van der Waals surface area contributed by atoms with Crippen LogP contribution in [0, 0.1) is 17.0 Å². The molecule has 182 valence electrons. The first-order valence-corrected chi connectivity index (χ1v) is 10.4. The van der Waals surface area contributed by atoms with Gasteiger partial charge in [-0.2, -0.15) is 10.1 Å². The number of hydrogen-bond acceptors (Lipinski definition) is 6. The van der Waals surface area contributed by atoms with Gasteiger partial charge in [-0.3, -0.25) is 9.25 Å². The third-order valence-corrected chi connectivity index (χ3v) is 5.28. The summed E-state index contributed by atoms with van der Waals surface area (Å²) in [7, 11) is 1.73. The van der Waals surface area contributed by atoms with E-state index < -0.39 is 41.9 Å². The molecule has 0 saturated carbocycles. The number of fused-ring (bicyclic) bond motifs is 1. The fourth-order valence-corrected chi connectivity index (χ4v) is 3.60. The van der Waals surface area contributed by atoms with E-state index in [-0.39, 0.29) is 49.5 Å². The first kappa shape index (κ1) is 27.1. The van der Waals surface area contributed by atoms with E-state index in [1.165, 1.54) is 0 Å². The van der Waals surface area contributed by atoms with Crippen LogP contribution in [-0.2, 0) is 47.4 Å². The average molecular weight is 613 g/mol. The van der Waals surface area contributed by atoms with Gasteiger partial charge in [0.05, 0.1) is 29.3 Å². The summed E-state index contributed by atoms with van der Waals surface area (Å²) < 4.78 is 31.3. The maximum absolute atomic E-state index is 14.4. The third kappa shape index (κ3) is 5.67. The Balaban J connectivity index is 0.00000361. The molecule has 0 radical (unpaired) electrons. The number of rotatable bonds is 6.